The number of halogens is 1. The Balaban J connectivity index is 1.30. The molecule has 2 aliphatic heterocycles. The van der Waals surface area contributed by atoms with Crippen LogP contribution in [-0.4, -0.2) is 66.1 Å². The molecule has 6 nitrogen and oxygen atoms in total. The van der Waals surface area contributed by atoms with Crippen molar-refractivity contribution in [1.82, 2.24) is 14.9 Å². The summed E-state index contributed by atoms with van der Waals surface area (Å²) in [6, 6.07) is 15.0. The summed E-state index contributed by atoms with van der Waals surface area (Å²) in [6.07, 6.45) is 2.34. The maximum atomic E-state index is 13.3. The number of aromatic nitrogens is 2. The molecule has 1 aromatic heterocycles. The van der Waals surface area contributed by atoms with Crippen LogP contribution in [0.1, 0.15) is 30.3 Å². The quantitative estimate of drug-likeness (QED) is 0.587. The third-order valence-electron chi connectivity index (χ3n) is 6.71. The molecule has 3 aromatic rings. The van der Waals surface area contributed by atoms with Crippen LogP contribution in [0.3, 0.4) is 0 Å². The maximum Gasteiger partial charge on any atom is 0.178 e. The summed E-state index contributed by atoms with van der Waals surface area (Å²) >= 11 is 0. The van der Waals surface area contributed by atoms with Gasteiger partial charge in [0.1, 0.15) is 17.3 Å². The first-order valence-corrected chi connectivity index (χ1v) is 11.6. The Labute approximate surface area is 193 Å². The molecule has 0 saturated carbocycles. The molecule has 7 heteroatoms. The van der Waals surface area contributed by atoms with E-state index in [0.717, 1.165) is 45.0 Å². The molecule has 2 aliphatic rings. The fourth-order valence-corrected chi connectivity index (χ4v) is 4.84. The number of Topliss-reactive ketones (excluding diaryl/α,β-unsaturated/α-hetero) is 1. The van der Waals surface area contributed by atoms with E-state index in [1.165, 1.54) is 37.6 Å². The molecule has 5 rings (SSSR count). The number of carbonyl (C=O) groups excluding carboxylic acids is 1. The van der Waals surface area contributed by atoms with Crippen molar-refractivity contribution in [3.8, 4) is 22.6 Å². The number of imidazole rings is 1. The Kier molecular flexibility index (Phi) is 6.24. The van der Waals surface area contributed by atoms with Gasteiger partial charge in [-0.1, -0.05) is 0 Å². The Morgan fingerprint density at radius 3 is 2.24 bits per heavy atom. The second kappa shape index (κ2) is 9.45. The number of anilines is 1. The summed E-state index contributed by atoms with van der Waals surface area (Å²) < 4.78 is 18.8. The third kappa shape index (κ3) is 4.70. The highest BCUT2D eigenvalue weighted by Gasteiger charge is 2.26. The SMILES string of the molecule is CC(=O)c1[nH]c(-c2ccc(N3CCC(N4CCOCC4)CC3)cc2)nc1-c1ccc(F)cc1. The molecule has 2 fully saturated rings. The van der Waals surface area contributed by atoms with Crippen LogP contribution in [0.25, 0.3) is 22.6 Å². The lowest BCUT2D eigenvalue weighted by atomic mass is 10.0. The smallest absolute Gasteiger partial charge is 0.178 e. The molecule has 0 radical (unpaired) electrons. The molecule has 1 N–H and O–H groups in total. The van der Waals surface area contributed by atoms with Crippen LogP contribution < -0.4 is 4.90 Å². The van der Waals surface area contributed by atoms with Crippen LogP contribution in [0.15, 0.2) is 48.5 Å². The fourth-order valence-electron chi connectivity index (χ4n) is 4.84. The number of nitrogens with one attached hydrogen (secondary N) is 1. The molecular formula is C26H29FN4O2. The normalized spacial score (nSPS) is 17.9. The Hall–Kier alpha value is -3.03. The van der Waals surface area contributed by atoms with Crippen molar-refractivity contribution < 1.29 is 13.9 Å². The predicted octanol–water partition coefficient (Wildman–Crippen LogP) is 4.39. The summed E-state index contributed by atoms with van der Waals surface area (Å²) in [6.45, 7) is 7.39. The van der Waals surface area contributed by atoms with Gasteiger partial charge in [0.15, 0.2) is 5.78 Å². The zero-order valence-corrected chi connectivity index (χ0v) is 18.9. The van der Waals surface area contributed by atoms with Gasteiger partial charge >= 0.3 is 0 Å². The van der Waals surface area contributed by atoms with Crippen LogP contribution in [0.4, 0.5) is 10.1 Å². The standard InChI is InChI=1S/C26H29FN4O2/c1-18(32)24-25(19-2-6-21(27)7-3-19)29-26(28-24)20-4-8-22(9-5-20)30-12-10-23(11-13-30)31-14-16-33-17-15-31/h2-9,23H,10-17H2,1H3,(H,28,29). The second-order valence-corrected chi connectivity index (χ2v) is 8.79. The minimum absolute atomic E-state index is 0.104. The lowest BCUT2D eigenvalue weighted by Crippen LogP contribution is -2.49. The van der Waals surface area contributed by atoms with Crippen molar-refractivity contribution in [2.24, 2.45) is 0 Å². The molecular weight excluding hydrogens is 419 g/mol. The van der Waals surface area contributed by atoms with Gasteiger partial charge in [0.25, 0.3) is 0 Å². The van der Waals surface area contributed by atoms with Gasteiger partial charge in [-0.25, -0.2) is 9.37 Å². The van der Waals surface area contributed by atoms with Crippen molar-refractivity contribution in [2.45, 2.75) is 25.8 Å². The highest BCUT2D eigenvalue weighted by Crippen LogP contribution is 2.29. The number of ether oxygens (including phenoxy) is 1. The molecule has 0 atom stereocenters. The molecule has 33 heavy (non-hydrogen) atoms. The molecule has 172 valence electrons. The summed E-state index contributed by atoms with van der Waals surface area (Å²) in [5.41, 5.74) is 3.82. The average Bonchev–Trinajstić information content (AvgIpc) is 3.31. The van der Waals surface area contributed by atoms with E-state index in [4.69, 9.17) is 4.74 Å². The van der Waals surface area contributed by atoms with Crippen molar-refractivity contribution in [2.75, 3.05) is 44.3 Å². The lowest BCUT2D eigenvalue weighted by molar-refractivity contribution is 0.0115. The largest absolute Gasteiger partial charge is 0.379 e. The molecule has 2 saturated heterocycles. The molecule has 0 amide bonds. The number of benzene rings is 2. The highest BCUT2D eigenvalue weighted by molar-refractivity contribution is 5.99. The lowest BCUT2D eigenvalue weighted by Gasteiger charge is -2.40. The van der Waals surface area contributed by atoms with Gasteiger partial charge in [0.05, 0.1) is 18.9 Å². The molecule has 0 unspecified atom stereocenters. The van der Waals surface area contributed by atoms with E-state index in [0.29, 0.717) is 28.8 Å². The van der Waals surface area contributed by atoms with Crippen molar-refractivity contribution >= 4 is 11.5 Å². The molecule has 3 heterocycles. The van der Waals surface area contributed by atoms with Gasteiger partial charge < -0.3 is 14.6 Å². The van der Waals surface area contributed by atoms with Crippen LogP contribution in [0, 0.1) is 5.82 Å². The number of carbonyl (C=O) groups is 1. The first-order chi connectivity index (χ1) is 16.1. The molecule has 0 aliphatic carbocycles. The van der Waals surface area contributed by atoms with Gasteiger partial charge in [-0.15, -0.1) is 0 Å². The molecule has 0 bridgehead atoms. The van der Waals surface area contributed by atoms with E-state index in [9.17, 15) is 9.18 Å². The van der Waals surface area contributed by atoms with Crippen LogP contribution >= 0.6 is 0 Å². The monoisotopic (exact) mass is 448 g/mol. The van der Waals surface area contributed by atoms with Crippen LogP contribution in [-0.2, 0) is 4.74 Å². The number of hydrogen-bond acceptors (Lipinski definition) is 5. The van der Waals surface area contributed by atoms with E-state index in [2.05, 4.69) is 31.9 Å². The minimum atomic E-state index is -0.316. The van der Waals surface area contributed by atoms with E-state index >= 15 is 0 Å². The summed E-state index contributed by atoms with van der Waals surface area (Å²) in [5, 5.41) is 0. The fraction of sp³-hybridized carbons (Fsp3) is 0.385. The van der Waals surface area contributed by atoms with E-state index in [1.807, 2.05) is 12.1 Å². The van der Waals surface area contributed by atoms with E-state index in [1.54, 1.807) is 12.1 Å². The minimum Gasteiger partial charge on any atom is -0.379 e. The van der Waals surface area contributed by atoms with Crippen LogP contribution in [0.2, 0.25) is 0 Å². The van der Waals surface area contributed by atoms with E-state index < -0.39 is 0 Å². The first kappa shape index (κ1) is 21.8. The number of ketones is 1. The Bertz CT molecular complexity index is 1100. The summed E-state index contributed by atoms with van der Waals surface area (Å²) in [4.78, 5) is 25.0. The topological polar surface area (TPSA) is 61.5 Å². The number of piperidine rings is 1. The summed E-state index contributed by atoms with van der Waals surface area (Å²) in [7, 11) is 0. The Morgan fingerprint density at radius 1 is 0.970 bits per heavy atom. The predicted molar refractivity (Wildman–Crippen MR) is 127 cm³/mol. The van der Waals surface area contributed by atoms with Gasteiger partial charge in [-0.3, -0.25) is 9.69 Å². The van der Waals surface area contributed by atoms with E-state index in [-0.39, 0.29) is 11.6 Å². The van der Waals surface area contributed by atoms with Gasteiger partial charge in [-0.2, -0.15) is 0 Å². The molecule has 0 spiro atoms. The number of aromatic amines is 1. The van der Waals surface area contributed by atoms with Crippen molar-refractivity contribution in [3.05, 3.63) is 60.0 Å². The van der Waals surface area contributed by atoms with Crippen molar-refractivity contribution in [3.63, 3.8) is 0 Å². The highest BCUT2D eigenvalue weighted by atomic mass is 19.1. The second-order valence-electron chi connectivity index (χ2n) is 8.79. The van der Waals surface area contributed by atoms with Gasteiger partial charge in [0.2, 0.25) is 0 Å². The number of morpholine rings is 1. The first-order valence-electron chi connectivity index (χ1n) is 11.6. The van der Waals surface area contributed by atoms with Gasteiger partial charge in [0, 0.05) is 56.0 Å². The summed E-state index contributed by atoms with van der Waals surface area (Å²) in [5.74, 6) is 0.216. The zero-order chi connectivity index (χ0) is 22.8. The maximum absolute atomic E-state index is 13.3. The third-order valence-corrected chi connectivity index (χ3v) is 6.71. The Morgan fingerprint density at radius 2 is 1.61 bits per heavy atom. The van der Waals surface area contributed by atoms with Crippen molar-refractivity contribution in [1.29, 1.82) is 0 Å². The number of hydrogen-bond donors (Lipinski definition) is 1. The number of H-pyrrole nitrogens is 1. The van der Waals surface area contributed by atoms with Crippen LogP contribution in [0.5, 0.6) is 0 Å². The zero-order valence-electron chi connectivity index (χ0n) is 18.9. The van der Waals surface area contributed by atoms with Gasteiger partial charge in [-0.05, 0) is 61.4 Å². The number of nitrogens with zero attached hydrogens (tertiary/aromatic N) is 3. The number of rotatable bonds is 5. The average molecular weight is 449 g/mol. The molecule has 2 aromatic carbocycles.